The molecule has 0 unspecified atom stereocenters. The van der Waals surface area contributed by atoms with Crippen molar-refractivity contribution in [2.45, 2.75) is 26.8 Å². The van der Waals surface area contributed by atoms with E-state index in [1.165, 1.54) is 0 Å². The fraction of sp³-hybridized carbons (Fsp3) is 0.217. The maximum absolute atomic E-state index is 12.7. The quantitative estimate of drug-likeness (QED) is 0.203. The highest BCUT2D eigenvalue weighted by Crippen LogP contribution is 2.26. The van der Waals surface area contributed by atoms with Gasteiger partial charge in [-0.15, -0.1) is 0 Å². The lowest BCUT2D eigenvalue weighted by molar-refractivity contribution is -0.708. The number of halogens is 4. The van der Waals surface area contributed by atoms with E-state index in [2.05, 4.69) is 48.7 Å². The Morgan fingerprint density at radius 3 is 1.81 bits per heavy atom. The van der Waals surface area contributed by atoms with Gasteiger partial charge in [0.25, 0.3) is 5.69 Å². The Kier molecular flexibility index (Phi) is 8.36. The predicted molar refractivity (Wildman–Crippen MR) is 114 cm³/mol. The molecule has 1 aromatic heterocycles. The molecule has 0 N–H and O–H groups in total. The molecular formula is C23H24BF4NO2. The van der Waals surface area contributed by atoms with Crippen LogP contribution in [0.25, 0.3) is 22.4 Å². The number of carbonyl (C=O) groups is 1. The average molecular weight is 433 g/mol. The zero-order valence-corrected chi connectivity index (χ0v) is 17.6. The maximum atomic E-state index is 12.7. The molecule has 0 fully saturated rings. The third-order valence-corrected chi connectivity index (χ3v) is 4.28. The molecule has 31 heavy (non-hydrogen) atoms. The average Bonchev–Trinajstić information content (AvgIpc) is 2.73. The molecule has 1 heterocycles. The first-order chi connectivity index (χ1) is 14.6. The molecule has 0 amide bonds. The summed E-state index contributed by atoms with van der Waals surface area (Å²) in [5.41, 5.74) is 4.73. The van der Waals surface area contributed by atoms with E-state index in [-0.39, 0.29) is 12.0 Å². The van der Waals surface area contributed by atoms with Crippen LogP contribution in [-0.2, 0) is 4.74 Å². The van der Waals surface area contributed by atoms with E-state index >= 15 is 0 Å². The maximum Gasteiger partial charge on any atom is 0.673 e. The first-order valence-corrected chi connectivity index (χ1v) is 9.86. The summed E-state index contributed by atoms with van der Waals surface area (Å²) in [7, 11) is -6.00. The van der Waals surface area contributed by atoms with Crippen LogP contribution in [0.3, 0.4) is 0 Å². The van der Waals surface area contributed by atoms with Crippen LogP contribution < -0.4 is 4.57 Å². The van der Waals surface area contributed by atoms with Crippen LogP contribution in [-0.4, -0.2) is 19.8 Å². The zero-order valence-electron chi connectivity index (χ0n) is 17.6. The third kappa shape index (κ3) is 7.24. The lowest BCUT2D eigenvalue weighted by atomic mass is 10.0. The number of nitrogens with zero attached hydrogens (tertiary/aromatic N) is 1. The van der Waals surface area contributed by atoms with Gasteiger partial charge in [-0.1, -0.05) is 48.5 Å². The van der Waals surface area contributed by atoms with E-state index in [0.29, 0.717) is 12.3 Å². The van der Waals surface area contributed by atoms with Gasteiger partial charge in [-0.3, -0.25) is 0 Å². The fourth-order valence-electron chi connectivity index (χ4n) is 3.15. The molecule has 3 nitrogen and oxygen atoms in total. The Morgan fingerprint density at radius 2 is 1.35 bits per heavy atom. The Balaban J connectivity index is 0.000000614. The second kappa shape index (κ2) is 10.7. The number of ether oxygens (including phenoxy) is 1. The van der Waals surface area contributed by atoms with Gasteiger partial charge in [0.05, 0.1) is 6.61 Å². The van der Waals surface area contributed by atoms with Crippen molar-refractivity contribution in [1.29, 1.82) is 0 Å². The summed E-state index contributed by atoms with van der Waals surface area (Å²) in [4.78, 5) is 12.7. The number of hydrogen-bond acceptors (Lipinski definition) is 2. The number of hydrogen-bond donors (Lipinski definition) is 0. The predicted octanol–water partition coefficient (Wildman–Crippen LogP) is 6.37. The van der Waals surface area contributed by atoms with Gasteiger partial charge in [0.1, 0.15) is 0 Å². The number of rotatable bonds is 5. The van der Waals surface area contributed by atoms with Crippen molar-refractivity contribution in [3.05, 3.63) is 78.5 Å². The normalized spacial score (nSPS) is 11.0. The smallest absolute Gasteiger partial charge is 0.458 e. The van der Waals surface area contributed by atoms with Gasteiger partial charge in [0.15, 0.2) is 6.04 Å². The Labute approximate surface area is 179 Å². The first kappa shape index (κ1) is 24.1. The molecule has 0 aliphatic heterocycles. The van der Waals surface area contributed by atoms with Gasteiger partial charge in [-0.05, 0) is 44.0 Å². The summed E-state index contributed by atoms with van der Waals surface area (Å²) in [5.74, 6) is -0.295. The van der Waals surface area contributed by atoms with Crippen LogP contribution in [0.2, 0.25) is 0 Å². The second-order valence-corrected chi connectivity index (χ2v) is 6.93. The minimum Gasteiger partial charge on any atom is -0.458 e. The van der Waals surface area contributed by atoms with Crippen LogP contribution in [0.1, 0.15) is 37.3 Å². The summed E-state index contributed by atoms with van der Waals surface area (Å²) < 4.78 is 46.4. The number of aromatic nitrogens is 1. The zero-order chi connectivity index (χ0) is 23.0. The van der Waals surface area contributed by atoms with Crippen LogP contribution in [0.4, 0.5) is 17.3 Å². The molecule has 0 saturated heterocycles. The number of pyridine rings is 1. The molecule has 0 bridgehead atoms. The molecule has 164 valence electrons. The molecule has 2 aromatic carbocycles. The molecular weight excluding hydrogens is 409 g/mol. The topological polar surface area (TPSA) is 30.2 Å². The molecule has 3 aromatic rings. The summed E-state index contributed by atoms with van der Waals surface area (Å²) in [6, 6.07) is 24.5. The monoisotopic (exact) mass is 433 g/mol. The van der Waals surface area contributed by atoms with Crippen LogP contribution in [0.5, 0.6) is 0 Å². The van der Waals surface area contributed by atoms with Gasteiger partial charge in [-0.2, -0.15) is 4.57 Å². The lowest BCUT2D eigenvalue weighted by Gasteiger charge is -2.14. The van der Waals surface area contributed by atoms with Crippen molar-refractivity contribution in [2.75, 3.05) is 6.61 Å². The van der Waals surface area contributed by atoms with Crippen molar-refractivity contribution in [1.82, 2.24) is 0 Å². The van der Waals surface area contributed by atoms with Crippen LogP contribution in [0.15, 0.2) is 72.8 Å². The summed E-state index contributed by atoms with van der Waals surface area (Å²) in [6.07, 6.45) is 0. The van der Waals surface area contributed by atoms with Gasteiger partial charge < -0.3 is 22.0 Å². The Morgan fingerprint density at radius 1 is 0.871 bits per heavy atom. The van der Waals surface area contributed by atoms with E-state index in [1.54, 1.807) is 0 Å². The Bertz CT molecular complexity index is 988. The third-order valence-electron chi connectivity index (χ3n) is 4.28. The van der Waals surface area contributed by atoms with Gasteiger partial charge in [0, 0.05) is 17.7 Å². The first-order valence-electron chi connectivity index (χ1n) is 9.86. The van der Waals surface area contributed by atoms with Crippen molar-refractivity contribution in [3.63, 3.8) is 0 Å². The van der Waals surface area contributed by atoms with Crippen LogP contribution >= 0.6 is 0 Å². The highest BCUT2D eigenvalue weighted by molar-refractivity contribution is 6.50. The molecule has 0 aliphatic carbocycles. The Hall–Kier alpha value is -3.16. The largest absolute Gasteiger partial charge is 0.673 e. The van der Waals surface area contributed by atoms with Gasteiger partial charge in [-0.25, -0.2) is 4.79 Å². The minimum atomic E-state index is -6.00. The van der Waals surface area contributed by atoms with Gasteiger partial charge >= 0.3 is 13.2 Å². The van der Waals surface area contributed by atoms with E-state index in [9.17, 15) is 22.1 Å². The summed E-state index contributed by atoms with van der Waals surface area (Å²) >= 11 is 0. The minimum absolute atomic E-state index is 0.120. The molecule has 0 atom stereocenters. The van der Waals surface area contributed by atoms with E-state index in [1.807, 2.05) is 49.4 Å². The standard InChI is InChI=1S/C23H24NO2.BF4/c1-4-26-23(25)22-16-20(18-11-7-5-8-12-18)15-21(24(22)17(2)3)19-13-9-6-10-14-19;2-1(3,4)5/h5-17H,4H2,1-3H3;/q+1;-1. The molecule has 0 spiro atoms. The van der Waals surface area contributed by atoms with Crippen molar-refractivity contribution < 1.29 is 31.4 Å². The number of benzene rings is 2. The summed E-state index contributed by atoms with van der Waals surface area (Å²) in [6.45, 7) is 6.35. The van der Waals surface area contributed by atoms with E-state index in [4.69, 9.17) is 4.74 Å². The van der Waals surface area contributed by atoms with Crippen molar-refractivity contribution in [3.8, 4) is 22.4 Å². The highest BCUT2D eigenvalue weighted by Gasteiger charge is 2.29. The molecule has 0 aliphatic rings. The van der Waals surface area contributed by atoms with Crippen molar-refractivity contribution >= 4 is 13.2 Å². The van der Waals surface area contributed by atoms with E-state index in [0.717, 1.165) is 22.4 Å². The highest BCUT2D eigenvalue weighted by atomic mass is 19.5. The van der Waals surface area contributed by atoms with Crippen LogP contribution in [0, 0.1) is 0 Å². The SMILES string of the molecule is CCOC(=O)c1cc(-c2ccccc2)cc(-c2ccccc2)[n+]1C(C)C.F[B-](F)(F)F. The molecule has 3 rings (SSSR count). The van der Waals surface area contributed by atoms with Gasteiger partial charge in [0.2, 0.25) is 5.69 Å². The number of esters is 1. The lowest BCUT2D eigenvalue weighted by Crippen LogP contribution is -2.45. The molecule has 8 heteroatoms. The molecule has 0 saturated carbocycles. The van der Waals surface area contributed by atoms with Crippen molar-refractivity contribution in [2.24, 2.45) is 0 Å². The molecule has 0 radical (unpaired) electrons. The fourth-order valence-corrected chi connectivity index (χ4v) is 3.15. The summed E-state index contributed by atoms with van der Waals surface area (Å²) in [5, 5.41) is 0. The number of carbonyl (C=O) groups excluding carboxylic acids is 1. The second-order valence-electron chi connectivity index (χ2n) is 6.93. The van der Waals surface area contributed by atoms with E-state index < -0.39 is 7.25 Å².